The molecule has 1 fully saturated rings. The second kappa shape index (κ2) is 7.03. The van der Waals surface area contributed by atoms with Crippen LogP contribution in [0, 0.1) is 10.1 Å². The Bertz CT molecular complexity index is 990. The van der Waals surface area contributed by atoms with Crippen LogP contribution in [0.3, 0.4) is 0 Å². The van der Waals surface area contributed by atoms with Crippen LogP contribution >= 0.6 is 0 Å². The van der Waals surface area contributed by atoms with E-state index in [1.165, 1.54) is 12.1 Å². The number of pyridine rings is 1. The zero-order chi connectivity index (χ0) is 18.8. The smallest absolute Gasteiger partial charge is 0.269 e. The van der Waals surface area contributed by atoms with Crippen LogP contribution in [0.15, 0.2) is 60.8 Å². The summed E-state index contributed by atoms with van der Waals surface area (Å²) in [6, 6.07) is 16.0. The van der Waals surface area contributed by atoms with Gasteiger partial charge in [0.1, 0.15) is 0 Å². The lowest BCUT2D eigenvalue weighted by Crippen LogP contribution is -2.48. The van der Waals surface area contributed by atoms with Gasteiger partial charge in [0.2, 0.25) is 0 Å². The van der Waals surface area contributed by atoms with Crippen molar-refractivity contribution >= 4 is 28.2 Å². The van der Waals surface area contributed by atoms with Crippen LogP contribution in [-0.4, -0.2) is 46.9 Å². The maximum atomic E-state index is 13.0. The second-order valence-corrected chi connectivity index (χ2v) is 6.43. The van der Waals surface area contributed by atoms with Crippen molar-refractivity contribution in [3.8, 4) is 0 Å². The molecule has 0 saturated carbocycles. The first kappa shape index (κ1) is 17.0. The first-order valence-electron chi connectivity index (χ1n) is 8.76. The monoisotopic (exact) mass is 362 g/mol. The lowest BCUT2D eigenvalue weighted by atomic mass is 10.1. The number of nitrogens with zero attached hydrogens (tertiary/aromatic N) is 4. The quantitative estimate of drug-likeness (QED) is 0.528. The van der Waals surface area contributed by atoms with E-state index < -0.39 is 4.92 Å². The van der Waals surface area contributed by atoms with Gasteiger partial charge < -0.3 is 9.80 Å². The van der Waals surface area contributed by atoms with E-state index in [1.807, 2.05) is 35.2 Å². The number of anilines is 1. The first-order chi connectivity index (χ1) is 13.1. The molecule has 136 valence electrons. The van der Waals surface area contributed by atoms with Crippen molar-refractivity contribution in [2.75, 3.05) is 31.1 Å². The lowest BCUT2D eigenvalue weighted by Gasteiger charge is -2.36. The van der Waals surface area contributed by atoms with Crippen molar-refractivity contribution in [2.45, 2.75) is 0 Å². The molecule has 1 amide bonds. The van der Waals surface area contributed by atoms with Crippen LogP contribution in [0.25, 0.3) is 10.9 Å². The number of amides is 1. The molecule has 1 aliphatic heterocycles. The number of nitro benzene ring substituents is 1. The van der Waals surface area contributed by atoms with Crippen molar-refractivity contribution in [1.82, 2.24) is 9.88 Å². The standard InChI is InChI=1S/C20H18N4O3/c25-20(18-5-1-3-15-4-2-10-21-19(15)18)23-13-11-22(12-14-23)16-6-8-17(9-7-16)24(26)27/h1-10H,11-14H2. The third kappa shape index (κ3) is 3.31. The highest BCUT2D eigenvalue weighted by atomic mass is 16.6. The van der Waals surface area contributed by atoms with E-state index >= 15 is 0 Å². The number of carbonyl (C=O) groups excluding carboxylic acids is 1. The Labute approximate surface area is 156 Å². The molecule has 0 bridgehead atoms. The molecule has 1 aromatic heterocycles. The molecule has 0 atom stereocenters. The summed E-state index contributed by atoms with van der Waals surface area (Å²) in [4.78, 5) is 31.7. The van der Waals surface area contributed by atoms with E-state index in [-0.39, 0.29) is 11.6 Å². The fraction of sp³-hybridized carbons (Fsp3) is 0.200. The van der Waals surface area contributed by atoms with E-state index in [0.717, 1.165) is 16.6 Å². The highest BCUT2D eigenvalue weighted by molar-refractivity contribution is 6.05. The van der Waals surface area contributed by atoms with Crippen LogP contribution in [0.5, 0.6) is 0 Å². The number of non-ortho nitro benzene ring substituents is 1. The number of nitro groups is 1. The van der Waals surface area contributed by atoms with Crippen molar-refractivity contribution in [3.63, 3.8) is 0 Å². The normalized spacial score (nSPS) is 14.4. The topological polar surface area (TPSA) is 79.6 Å². The van der Waals surface area contributed by atoms with Crippen LogP contribution in [0.1, 0.15) is 10.4 Å². The average molecular weight is 362 g/mol. The number of para-hydroxylation sites is 1. The van der Waals surface area contributed by atoms with Crippen LogP contribution in [0.2, 0.25) is 0 Å². The molecule has 2 heterocycles. The van der Waals surface area contributed by atoms with Crippen LogP contribution in [0.4, 0.5) is 11.4 Å². The molecule has 7 heteroatoms. The van der Waals surface area contributed by atoms with Gasteiger partial charge in [-0.15, -0.1) is 0 Å². The molecule has 1 aliphatic rings. The molecule has 27 heavy (non-hydrogen) atoms. The van der Waals surface area contributed by atoms with Gasteiger partial charge in [0, 0.05) is 55.6 Å². The Morgan fingerprint density at radius 2 is 1.67 bits per heavy atom. The van der Waals surface area contributed by atoms with E-state index in [1.54, 1.807) is 18.3 Å². The zero-order valence-corrected chi connectivity index (χ0v) is 14.6. The minimum absolute atomic E-state index is 0.0114. The number of hydrogen-bond donors (Lipinski definition) is 0. The Kier molecular flexibility index (Phi) is 4.42. The molecule has 0 aliphatic carbocycles. The van der Waals surface area contributed by atoms with Crippen LogP contribution in [-0.2, 0) is 0 Å². The Morgan fingerprint density at radius 1 is 0.963 bits per heavy atom. The molecule has 7 nitrogen and oxygen atoms in total. The highest BCUT2D eigenvalue weighted by Gasteiger charge is 2.24. The average Bonchev–Trinajstić information content (AvgIpc) is 2.73. The van der Waals surface area contributed by atoms with Gasteiger partial charge >= 0.3 is 0 Å². The molecule has 0 N–H and O–H groups in total. The fourth-order valence-electron chi connectivity index (χ4n) is 3.40. The summed E-state index contributed by atoms with van der Waals surface area (Å²) >= 11 is 0. The minimum atomic E-state index is -0.404. The van der Waals surface area contributed by atoms with E-state index in [2.05, 4.69) is 9.88 Å². The van der Waals surface area contributed by atoms with Crippen molar-refractivity contribution in [3.05, 3.63) is 76.5 Å². The highest BCUT2D eigenvalue weighted by Crippen LogP contribution is 2.22. The number of benzene rings is 2. The molecule has 0 spiro atoms. The van der Waals surface area contributed by atoms with Gasteiger partial charge in [-0.3, -0.25) is 19.9 Å². The zero-order valence-electron chi connectivity index (χ0n) is 14.6. The molecule has 0 unspecified atom stereocenters. The van der Waals surface area contributed by atoms with Gasteiger partial charge in [-0.05, 0) is 24.3 Å². The SMILES string of the molecule is O=C(c1cccc2cccnc12)N1CCN(c2ccc([N+](=O)[O-])cc2)CC1. The first-order valence-corrected chi connectivity index (χ1v) is 8.76. The summed E-state index contributed by atoms with van der Waals surface area (Å²) in [5.41, 5.74) is 2.36. The third-order valence-electron chi connectivity index (χ3n) is 4.86. The van der Waals surface area contributed by atoms with Gasteiger partial charge in [0.25, 0.3) is 11.6 Å². The molecule has 3 aromatic rings. The number of fused-ring (bicyclic) bond motifs is 1. The van der Waals surface area contributed by atoms with Gasteiger partial charge in [0.15, 0.2) is 0 Å². The molecular formula is C20H18N4O3. The Balaban J connectivity index is 1.47. The third-order valence-corrected chi connectivity index (χ3v) is 4.86. The summed E-state index contributed by atoms with van der Waals surface area (Å²) in [7, 11) is 0. The van der Waals surface area contributed by atoms with E-state index in [0.29, 0.717) is 31.7 Å². The molecule has 0 radical (unpaired) electrons. The minimum Gasteiger partial charge on any atom is -0.368 e. The number of rotatable bonds is 3. The van der Waals surface area contributed by atoms with Crippen molar-refractivity contribution in [1.29, 1.82) is 0 Å². The second-order valence-electron chi connectivity index (χ2n) is 6.43. The molecular weight excluding hydrogens is 344 g/mol. The molecule has 1 saturated heterocycles. The number of carbonyl (C=O) groups is 1. The number of hydrogen-bond acceptors (Lipinski definition) is 5. The Hall–Kier alpha value is -3.48. The van der Waals surface area contributed by atoms with Gasteiger partial charge in [-0.25, -0.2) is 0 Å². The van der Waals surface area contributed by atoms with Gasteiger partial charge in [0.05, 0.1) is 16.0 Å². The van der Waals surface area contributed by atoms with Gasteiger partial charge in [-0.1, -0.05) is 18.2 Å². The molecule has 2 aromatic carbocycles. The van der Waals surface area contributed by atoms with Crippen molar-refractivity contribution < 1.29 is 9.72 Å². The van der Waals surface area contributed by atoms with E-state index in [9.17, 15) is 14.9 Å². The summed E-state index contributed by atoms with van der Waals surface area (Å²) in [5.74, 6) is -0.0114. The van der Waals surface area contributed by atoms with Crippen molar-refractivity contribution in [2.24, 2.45) is 0 Å². The molecule has 4 rings (SSSR count). The maximum Gasteiger partial charge on any atom is 0.269 e. The largest absolute Gasteiger partial charge is 0.368 e. The fourth-order valence-corrected chi connectivity index (χ4v) is 3.40. The summed E-state index contributed by atoms with van der Waals surface area (Å²) in [5, 5.41) is 11.7. The predicted octanol–water partition coefficient (Wildman–Crippen LogP) is 3.11. The summed E-state index contributed by atoms with van der Waals surface area (Å²) < 4.78 is 0. The number of piperazine rings is 1. The Morgan fingerprint density at radius 3 is 2.37 bits per heavy atom. The van der Waals surface area contributed by atoms with Gasteiger partial charge in [-0.2, -0.15) is 0 Å². The maximum absolute atomic E-state index is 13.0. The van der Waals surface area contributed by atoms with Crippen LogP contribution < -0.4 is 4.90 Å². The summed E-state index contributed by atoms with van der Waals surface area (Å²) in [6.45, 7) is 2.56. The van der Waals surface area contributed by atoms with E-state index in [4.69, 9.17) is 0 Å². The summed E-state index contributed by atoms with van der Waals surface area (Å²) in [6.07, 6.45) is 1.70. The lowest BCUT2D eigenvalue weighted by molar-refractivity contribution is -0.384. The predicted molar refractivity (Wildman–Crippen MR) is 103 cm³/mol. The number of aromatic nitrogens is 1.